The smallest absolute Gasteiger partial charge is 0.354 e. The van der Waals surface area contributed by atoms with Gasteiger partial charge in [0.1, 0.15) is 5.02 Å². The minimum atomic E-state index is -1.26. The Hall–Kier alpha value is -1.82. The predicted octanol–water partition coefficient (Wildman–Crippen LogP) is 0.374. The van der Waals surface area contributed by atoms with Crippen LogP contribution in [0.25, 0.3) is 5.65 Å². The quantitative estimate of drug-likeness (QED) is 0.717. The highest BCUT2D eigenvalue weighted by atomic mass is 35.5. The van der Waals surface area contributed by atoms with Crippen molar-refractivity contribution in [3.05, 3.63) is 33.3 Å². The van der Waals surface area contributed by atoms with Gasteiger partial charge in [0.2, 0.25) is 0 Å². The molecule has 0 saturated heterocycles. The maximum atomic E-state index is 11.3. The summed E-state index contributed by atoms with van der Waals surface area (Å²) in [4.78, 5) is 25.5. The number of nitrogens with zero attached hydrogens (tertiary/aromatic N) is 2. The zero-order valence-electron chi connectivity index (χ0n) is 6.69. The molecule has 2 heterocycles. The van der Waals surface area contributed by atoms with Crippen molar-refractivity contribution in [2.75, 3.05) is 0 Å². The first-order valence-electron chi connectivity index (χ1n) is 3.59. The molecule has 0 aliphatic rings. The molecule has 0 aliphatic heterocycles. The van der Waals surface area contributed by atoms with E-state index in [1.54, 1.807) is 0 Å². The molecule has 2 rings (SSSR count). The summed E-state index contributed by atoms with van der Waals surface area (Å²) in [7, 11) is 0. The predicted molar refractivity (Wildman–Crippen MR) is 47.8 cm³/mol. The van der Waals surface area contributed by atoms with Gasteiger partial charge in [-0.1, -0.05) is 11.6 Å². The lowest BCUT2D eigenvalue weighted by Crippen LogP contribution is -2.17. The fourth-order valence-electron chi connectivity index (χ4n) is 1.06. The molecule has 2 N–H and O–H groups in total. The van der Waals surface area contributed by atoms with E-state index in [9.17, 15) is 9.59 Å². The summed E-state index contributed by atoms with van der Waals surface area (Å²) in [5, 5.41) is 11.4. The number of hydrogen-bond acceptors (Lipinski definition) is 3. The summed E-state index contributed by atoms with van der Waals surface area (Å²) in [5.74, 6) is -1.26. The number of carbonyl (C=O) groups is 1. The van der Waals surface area contributed by atoms with Crippen LogP contribution in [0.1, 0.15) is 10.5 Å². The highest BCUT2D eigenvalue weighted by Crippen LogP contribution is 2.12. The lowest BCUT2D eigenvalue weighted by Gasteiger charge is -1.94. The number of nitrogens with one attached hydrogen (secondary N) is 1. The second-order valence-electron chi connectivity index (χ2n) is 2.57. The Bertz CT molecular complexity index is 571. The molecule has 14 heavy (non-hydrogen) atoms. The highest BCUT2D eigenvalue weighted by Gasteiger charge is 2.11. The van der Waals surface area contributed by atoms with Crippen molar-refractivity contribution in [3.8, 4) is 0 Å². The van der Waals surface area contributed by atoms with Gasteiger partial charge in [0.15, 0.2) is 11.3 Å². The molecule has 2 aromatic heterocycles. The third kappa shape index (κ3) is 1.16. The second kappa shape index (κ2) is 2.85. The monoisotopic (exact) mass is 213 g/mol. The zero-order chi connectivity index (χ0) is 10.3. The fraction of sp³-hybridized carbons (Fsp3) is 0. The third-order valence-electron chi connectivity index (χ3n) is 1.67. The standard InChI is InChI=1S/C7H4ClN3O3/c8-3-2-9-11-5(12)1-4(7(13)14)10-6(3)11/h1-2,9H,(H,13,14). The number of fused-ring (bicyclic) bond motifs is 1. The van der Waals surface area contributed by atoms with Crippen molar-refractivity contribution < 1.29 is 9.90 Å². The number of carboxylic acid groups (broad SMARTS) is 1. The molecule has 0 aliphatic carbocycles. The van der Waals surface area contributed by atoms with Gasteiger partial charge < -0.3 is 5.11 Å². The largest absolute Gasteiger partial charge is 0.477 e. The minimum Gasteiger partial charge on any atom is -0.477 e. The van der Waals surface area contributed by atoms with Crippen LogP contribution in [0.4, 0.5) is 0 Å². The average Bonchev–Trinajstić information content (AvgIpc) is 2.48. The Balaban J connectivity index is 2.89. The van der Waals surface area contributed by atoms with Gasteiger partial charge in [-0.2, -0.15) is 0 Å². The normalized spacial score (nSPS) is 10.6. The van der Waals surface area contributed by atoms with Crippen LogP contribution in [-0.2, 0) is 0 Å². The van der Waals surface area contributed by atoms with E-state index in [0.29, 0.717) is 0 Å². The molecule has 0 spiro atoms. The Morgan fingerprint density at radius 1 is 1.64 bits per heavy atom. The molecule has 0 aromatic carbocycles. The first kappa shape index (κ1) is 8.76. The summed E-state index contributed by atoms with van der Waals surface area (Å²) >= 11 is 5.67. The van der Waals surface area contributed by atoms with Crippen LogP contribution in [-0.4, -0.2) is 25.7 Å². The van der Waals surface area contributed by atoms with E-state index in [1.807, 2.05) is 0 Å². The number of rotatable bonds is 1. The van der Waals surface area contributed by atoms with Crippen LogP contribution in [0.5, 0.6) is 0 Å². The molecule has 0 fully saturated rings. The van der Waals surface area contributed by atoms with Gasteiger partial charge in [-0.3, -0.25) is 9.89 Å². The van der Waals surface area contributed by atoms with Crippen LogP contribution in [0, 0.1) is 0 Å². The van der Waals surface area contributed by atoms with Crippen molar-refractivity contribution in [1.29, 1.82) is 0 Å². The first-order chi connectivity index (χ1) is 6.59. The molecule has 0 saturated carbocycles. The Labute approximate surface area is 81.7 Å². The van der Waals surface area contributed by atoms with Crippen LogP contribution < -0.4 is 5.56 Å². The molecule has 0 amide bonds. The maximum Gasteiger partial charge on any atom is 0.354 e. The molecule has 6 nitrogen and oxygen atoms in total. The summed E-state index contributed by atoms with van der Waals surface area (Å²) in [6, 6.07) is 0.919. The molecule has 72 valence electrons. The van der Waals surface area contributed by atoms with Crippen LogP contribution >= 0.6 is 11.6 Å². The number of aromatic amines is 1. The fourth-order valence-corrected chi connectivity index (χ4v) is 1.24. The van der Waals surface area contributed by atoms with Crippen molar-refractivity contribution in [2.24, 2.45) is 0 Å². The van der Waals surface area contributed by atoms with Gasteiger partial charge >= 0.3 is 5.97 Å². The number of hydrogen-bond donors (Lipinski definition) is 2. The van der Waals surface area contributed by atoms with Crippen molar-refractivity contribution >= 4 is 23.2 Å². The van der Waals surface area contributed by atoms with Crippen LogP contribution in [0.3, 0.4) is 0 Å². The summed E-state index contributed by atoms with van der Waals surface area (Å²) in [6.07, 6.45) is 1.36. The summed E-state index contributed by atoms with van der Waals surface area (Å²) in [6.45, 7) is 0. The van der Waals surface area contributed by atoms with Crippen molar-refractivity contribution in [1.82, 2.24) is 14.6 Å². The van der Waals surface area contributed by atoms with Crippen LogP contribution in [0.2, 0.25) is 5.02 Å². The van der Waals surface area contributed by atoms with Gasteiger partial charge in [0, 0.05) is 12.3 Å². The first-order valence-corrected chi connectivity index (χ1v) is 3.97. The Kier molecular flexibility index (Phi) is 1.78. The Morgan fingerprint density at radius 3 is 3.00 bits per heavy atom. The van der Waals surface area contributed by atoms with Gasteiger partial charge in [-0.05, 0) is 0 Å². The lowest BCUT2D eigenvalue weighted by atomic mass is 10.4. The van der Waals surface area contributed by atoms with Gasteiger partial charge in [-0.25, -0.2) is 14.3 Å². The number of halogens is 1. The average molecular weight is 214 g/mol. The lowest BCUT2D eigenvalue weighted by molar-refractivity contribution is 0.0690. The van der Waals surface area contributed by atoms with Crippen molar-refractivity contribution in [2.45, 2.75) is 0 Å². The molecule has 7 heteroatoms. The Morgan fingerprint density at radius 2 is 2.36 bits per heavy atom. The SMILES string of the molecule is O=C(O)c1cc(=O)n2[nH]cc(Cl)c2n1. The van der Waals surface area contributed by atoms with E-state index in [4.69, 9.17) is 16.7 Å². The molecular formula is C7H4ClN3O3. The molecular weight excluding hydrogens is 210 g/mol. The minimum absolute atomic E-state index is 0.108. The molecule has 0 unspecified atom stereocenters. The highest BCUT2D eigenvalue weighted by molar-refractivity contribution is 6.33. The summed E-state index contributed by atoms with van der Waals surface area (Å²) < 4.78 is 1.06. The number of aromatic nitrogens is 3. The van der Waals surface area contributed by atoms with E-state index in [-0.39, 0.29) is 16.4 Å². The van der Waals surface area contributed by atoms with E-state index in [0.717, 1.165) is 10.6 Å². The topological polar surface area (TPSA) is 87.5 Å². The molecule has 0 radical (unpaired) electrons. The number of carboxylic acids is 1. The molecule has 2 aromatic rings. The molecule has 0 bridgehead atoms. The molecule has 0 atom stereocenters. The summed E-state index contributed by atoms with van der Waals surface area (Å²) in [5.41, 5.74) is -0.729. The third-order valence-corrected chi connectivity index (χ3v) is 1.95. The number of H-pyrrole nitrogens is 1. The zero-order valence-corrected chi connectivity index (χ0v) is 7.45. The van der Waals surface area contributed by atoms with E-state index in [1.165, 1.54) is 6.20 Å². The maximum absolute atomic E-state index is 11.3. The number of aromatic carboxylic acids is 1. The van der Waals surface area contributed by atoms with E-state index in [2.05, 4.69) is 10.1 Å². The van der Waals surface area contributed by atoms with Gasteiger partial charge in [-0.15, -0.1) is 0 Å². The van der Waals surface area contributed by atoms with E-state index >= 15 is 0 Å². The second-order valence-corrected chi connectivity index (χ2v) is 2.97. The van der Waals surface area contributed by atoms with Crippen molar-refractivity contribution in [3.63, 3.8) is 0 Å². The van der Waals surface area contributed by atoms with Gasteiger partial charge in [0.25, 0.3) is 5.56 Å². The van der Waals surface area contributed by atoms with Crippen LogP contribution in [0.15, 0.2) is 17.1 Å². The van der Waals surface area contributed by atoms with Gasteiger partial charge in [0.05, 0.1) is 0 Å². The van der Waals surface area contributed by atoms with E-state index < -0.39 is 11.5 Å².